The van der Waals surface area contributed by atoms with Crippen LogP contribution >= 0.6 is 0 Å². The van der Waals surface area contributed by atoms with E-state index < -0.39 is 42.7 Å². The molecule has 0 aliphatic rings. The maximum atomic E-state index is 12.1. The first-order chi connectivity index (χ1) is 7.84. The summed E-state index contributed by atoms with van der Waals surface area (Å²) in [6, 6.07) is 0. The topological polar surface area (TPSA) is 63.6 Å². The minimum Gasteiger partial charge on any atom is -0.463 e. The number of alkyl halides is 6. The summed E-state index contributed by atoms with van der Waals surface area (Å²) in [5.41, 5.74) is -5.60. The molecule has 0 rings (SSSR count). The van der Waals surface area contributed by atoms with Gasteiger partial charge in [0.25, 0.3) is 0 Å². The predicted molar refractivity (Wildman–Crippen MR) is 43.3 cm³/mol. The first kappa shape index (κ1) is 16.7. The van der Waals surface area contributed by atoms with Crippen LogP contribution in [0.4, 0.5) is 26.3 Å². The van der Waals surface area contributed by atoms with E-state index in [2.05, 4.69) is 4.74 Å². The molecule has 0 heterocycles. The minimum atomic E-state index is -6.28. The maximum absolute atomic E-state index is 12.1. The van der Waals surface area contributed by atoms with Gasteiger partial charge in [0.05, 0.1) is 6.61 Å². The normalized spacial score (nSPS) is 13.3. The van der Waals surface area contributed by atoms with E-state index in [-0.39, 0.29) is 0 Å². The largest absolute Gasteiger partial charge is 0.463 e. The van der Waals surface area contributed by atoms with Crippen LogP contribution in [0.15, 0.2) is 0 Å². The van der Waals surface area contributed by atoms with Crippen molar-refractivity contribution in [1.82, 2.24) is 0 Å². The highest BCUT2D eigenvalue weighted by molar-refractivity contribution is 5.82. The van der Waals surface area contributed by atoms with Crippen molar-refractivity contribution >= 4 is 11.8 Å². The molecule has 0 bridgehead atoms. The smallest absolute Gasteiger partial charge is 0.437 e. The fourth-order valence-corrected chi connectivity index (χ4v) is 0.784. The molecular weight excluding hydrogens is 274 g/mol. The van der Waals surface area contributed by atoms with Crippen molar-refractivity contribution in [3.63, 3.8) is 0 Å². The van der Waals surface area contributed by atoms with Crippen LogP contribution in [0.2, 0.25) is 0 Å². The van der Waals surface area contributed by atoms with Crippen LogP contribution in [0, 0.1) is 0 Å². The van der Waals surface area contributed by atoms with Gasteiger partial charge in [0.1, 0.15) is 5.78 Å². The molecule has 0 spiro atoms. The molecule has 4 nitrogen and oxygen atoms in total. The standard InChI is InChI=1S/C8H8F6O4/c1-4(15)2-3-18-5(16)6(17,7(9,10)11)8(12,13)14/h17H,2-3H2,1H3. The number of hydrogen-bond acceptors (Lipinski definition) is 4. The lowest BCUT2D eigenvalue weighted by Crippen LogP contribution is -2.63. The van der Waals surface area contributed by atoms with Crippen molar-refractivity contribution in [1.29, 1.82) is 0 Å². The Morgan fingerprint density at radius 3 is 1.72 bits per heavy atom. The number of carbonyl (C=O) groups excluding carboxylic acids is 2. The minimum absolute atomic E-state index is 0.558. The van der Waals surface area contributed by atoms with E-state index in [1.54, 1.807) is 0 Å². The Hall–Kier alpha value is -1.32. The number of rotatable bonds is 4. The van der Waals surface area contributed by atoms with Crippen molar-refractivity contribution in [2.75, 3.05) is 6.61 Å². The fraction of sp³-hybridized carbons (Fsp3) is 0.750. The number of ketones is 1. The zero-order chi connectivity index (χ0) is 14.8. The van der Waals surface area contributed by atoms with E-state index in [4.69, 9.17) is 5.11 Å². The third-order valence-electron chi connectivity index (χ3n) is 1.80. The Morgan fingerprint density at radius 1 is 1.06 bits per heavy atom. The van der Waals surface area contributed by atoms with Crippen LogP contribution in [0.25, 0.3) is 0 Å². The molecule has 0 radical (unpaired) electrons. The zero-order valence-electron chi connectivity index (χ0n) is 8.85. The van der Waals surface area contributed by atoms with Crippen LogP contribution in [0.3, 0.4) is 0 Å². The van der Waals surface area contributed by atoms with Crippen LogP contribution in [-0.2, 0) is 14.3 Å². The number of carbonyl (C=O) groups is 2. The molecule has 0 fully saturated rings. The van der Waals surface area contributed by atoms with Crippen molar-refractivity contribution in [3.8, 4) is 0 Å². The Kier molecular flexibility index (Phi) is 4.75. The highest BCUT2D eigenvalue weighted by atomic mass is 19.4. The second kappa shape index (κ2) is 5.12. The van der Waals surface area contributed by atoms with E-state index in [0.29, 0.717) is 0 Å². The van der Waals surface area contributed by atoms with Gasteiger partial charge in [0.2, 0.25) is 0 Å². The lowest BCUT2D eigenvalue weighted by atomic mass is 10.0. The van der Waals surface area contributed by atoms with Gasteiger partial charge in [0, 0.05) is 6.42 Å². The number of halogens is 6. The molecule has 0 aromatic carbocycles. The Balaban J connectivity index is 5.02. The summed E-state index contributed by atoms with van der Waals surface area (Å²) in [7, 11) is 0. The molecule has 0 saturated carbocycles. The number of ether oxygens (including phenoxy) is 1. The number of Topliss-reactive ketones (excluding diaryl/α,β-unsaturated/α-hetero) is 1. The average Bonchev–Trinajstić information content (AvgIpc) is 2.11. The van der Waals surface area contributed by atoms with Crippen molar-refractivity contribution < 1.29 is 45.8 Å². The summed E-state index contributed by atoms with van der Waals surface area (Å²) >= 11 is 0. The van der Waals surface area contributed by atoms with E-state index in [0.717, 1.165) is 6.92 Å². The maximum Gasteiger partial charge on any atom is 0.437 e. The summed E-state index contributed by atoms with van der Waals surface area (Å²) in [6.07, 6.45) is -13.1. The molecule has 106 valence electrons. The lowest BCUT2D eigenvalue weighted by Gasteiger charge is -2.29. The number of hydrogen-bond donors (Lipinski definition) is 1. The summed E-state index contributed by atoms with van der Waals surface area (Å²) in [5.74, 6) is -3.52. The molecular formula is C8H8F6O4. The predicted octanol–water partition coefficient (Wildman–Crippen LogP) is 1.36. The van der Waals surface area contributed by atoms with Crippen LogP contribution in [0.5, 0.6) is 0 Å². The third-order valence-corrected chi connectivity index (χ3v) is 1.80. The van der Waals surface area contributed by atoms with Crippen molar-refractivity contribution in [2.45, 2.75) is 31.3 Å². The summed E-state index contributed by atoms with van der Waals surface area (Å²) in [6.45, 7) is 0.0101. The molecule has 0 unspecified atom stereocenters. The first-order valence-corrected chi connectivity index (χ1v) is 4.36. The summed E-state index contributed by atoms with van der Waals surface area (Å²) in [4.78, 5) is 21.1. The number of aliphatic hydroxyl groups is 1. The van der Waals surface area contributed by atoms with E-state index in [1.807, 2.05) is 0 Å². The quantitative estimate of drug-likeness (QED) is 0.624. The molecule has 0 atom stereocenters. The molecule has 0 aliphatic heterocycles. The van der Waals surface area contributed by atoms with E-state index in [1.165, 1.54) is 0 Å². The monoisotopic (exact) mass is 282 g/mol. The number of esters is 1. The lowest BCUT2D eigenvalue weighted by molar-refractivity contribution is -0.356. The highest BCUT2D eigenvalue weighted by Crippen LogP contribution is 2.43. The molecule has 0 aromatic rings. The second-order valence-corrected chi connectivity index (χ2v) is 3.29. The summed E-state index contributed by atoms with van der Waals surface area (Å²) in [5, 5.41) is 8.51. The van der Waals surface area contributed by atoms with Gasteiger partial charge < -0.3 is 9.84 Å². The summed E-state index contributed by atoms with van der Waals surface area (Å²) < 4.78 is 76.2. The van der Waals surface area contributed by atoms with Gasteiger partial charge in [-0.15, -0.1) is 0 Å². The van der Waals surface area contributed by atoms with Gasteiger partial charge in [-0.2, -0.15) is 26.3 Å². The molecule has 10 heteroatoms. The van der Waals surface area contributed by atoms with Crippen LogP contribution in [-0.4, -0.2) is 41.4 Å². The van der Waals surface area contributed by atoms with Gasteiger partial charge in [-0.25, -0.2) is 4.79 Å². The molecule has 0 saturated heterocycles. The van der Waals surface area contributed by atoms with Gasteiger partial charge in [-0.1, -0.05) is 0 Å². The first-order valence-electron chi connectivity index (χ1n) is 4.36. The molecule has 0 aliphatic carbocycles. The van der Waals surface area contributed by atoms with Crippen LogP contribution < -0.4 is 0 Å². The van der Waals surface area contributed by atoms with Crippen LogP contribution in [0.1, 0.15) is 13.3 Å². The van der Waals surface area contributed by atoms with E-state index in [9.17, 15) is 35.9 Å². The average molecular weight is 282 g/mol. The highest BCUT2D eigenvalue weighted by Gasteiger charge is 2.76. The second-order valence-electron chi connectivity index (χ2n) is 3.29. The third kappa shape index (κ3) is 3.34. The van der Waals surface area contributed by atoms with Gasteiger partial charge in [-0.3, -0.25) is 4.79 Å². The fourth-order valence-electron chi connectivity index (χ4n) is 0.784. The Labute approximate surface area is 96.5 Å². The zero-order valence-corrected chi connectivity index (χ0v) is 8.85. The van der Waals surface area contributed by atoms with Crippen molar-refractivity contribution in [2.24, 2.45) is 0 Å². The molecule has 0 aromatic heterocycles. The van der Waals surface area contributed by atoms with Crippen molar-refractivity contribution in [3.05, 3.63) is 0 Å². The van der Waals surface area contributed by atoms with E-state index >= 15 is 0 Å². The Morgan fingerprint density at radius 2 is 1.44 bits per heavy atom. The molecule has 18 heavy (non-hydrogen) atoms. The Bertz CT molecular complexity index is 317. The van der Waals surface area contributed by atoms with Gasteiger partial charge >= 0.3 is 23.9 Å². The molecule has 0 amide bonds. The molecule has 1 N–H and O–H groups in total. The van der Waals surface area contributed by atoms with Gasteiger partial charge in [0.15, 0.2) is 0 Å². The van der Waals surface area contributed by atoms with Gasteiger partial charge in [-0.05, 0) is 6.92 Å². The SMILES string of the molecule is CC(=O)CCOC(=O)C(O)(C(F)(F)F)C(F)(F)F.